The van der Waals surface area contributed by atoms with Gasteiger partial charge in [0, 0.05) is 19.3 Å². The maximum atomic E-state index is 9.30. The summed E-state index contributed by atoms with van der Waals surface area (Å²) in [6.07, 6.45) is 2.82. The van der Waals surface area contributed by atoms with Crippen LogP contribution < -0.4 is 4.90 Å². The average Bonchev–Trinajstić information content (AvgIpc) is 2.58. The van der Waals surface area contributed by atoms with Crippen molar-refractivity contribution in [1.29, 1.82) is 0 Å². The van der Waals surface area contributed by atoms with E-state index < -0.39 is 0 Å². The molecule has 1 N–H and O–H groups in total. The topological polar surface area (TPSA) is 23.5 Å². The number of hydrogen-bond donors (Lipinski definition) is 1. The van der Waals surface area contributed by atoms with Crippen molar-refractivity contribution in [3.05, 3.63) is 29.3 Å². The largest absolute Gasteiger partial charge is 0.393 e. The molecule has 0 bridgehead atoms. The van der Waals surface area contributed by atoms with Gasteiger partial charge < -0.3 is 10.0 Å². The molecular formula is C13H19NO. The molecular weight excluding hydrogens is 186 g/mol. The van der Waals surface area contributed by atoms with Crippen LogP contribution in [0.1, 0.15) is 24.5 Å². The summed E-state index contributed by atoms with van der Waals surface area (Å²) in [4.78, 5) is 2.31. The molecule has 0 aromatic heterocycles. The monoisotopic (exact) mass is 205 g/mol. The van der Waals surface area contributed by atoms with Crippen LogP contribution in [0, 0.1) is 0 Å². The Bertz CT molecular complexity index is 346. The zero-order valence-electron chi connectivity index (χ0n) is 9.53. The van der Waals surface area contributed by atoms with E-state index in [4.69, 9.17) is 0 Å². The summed E-state index contributed by atoms with van der Waals surface area (Å²) in [6.45, 7) is 2.98. The first-order chi connectivity index (χ1) is 7.18. The van der Waals surface area contributed by atoms with Gasteiger partial charge in [0.25, 0.3) is 0 Å². The van der Waals surface area contributed by atoms with E-state index in [2.05, 4.69) is 30.1 Å². The maximum Gasteiger partial charge on any atom is 0.0515 e. The first-order valence-corrected chi connectivity index (χ1v) is 5.68. The number of aliphatic hydroxyl groups is 1. The molecule has 0 radical (unpaired) electrons. The molecule has 0 saturated heterocycles. The minimum Gasteiger partial charge on any atom is -0.393 e. The van der Waals surface area contributed by atoms with E-state index in [-0.39, 0.29) is 6.10 Å². The molecule has 2 rings (SSSR count). The molecule has 0 spiro atoms. The highest BCUT2D eigenvalue weighted by molar-refractivity contribution is 5.60. The molecule has 1 unspecified atom stereocenters. The summed E-state index contributed by atoms with van der Waals surface area (Å²) in [7, 11) is 2.14. The second-order valence-corrected chi connectivity index (χ2v) is 4.47. The van der Waals surface area contributed by atoms with Crippen molar-refractivity contribution in [2.45, 2.75) is 32.3 Å². The van der Waals surface area contributed by atoms with Crippen molar-refractivity contribution < 1.29 is 5.11 Å². The van der Waals surface area contributed by atoms with Crippen LogP contribution in [0.5, 0.6) is 0 Å². The van der Waals surface area contributed by atoms with E-state index >= 15 is 0 Å². The van der Waals surface area contributed by atoms with Gasteiger partial charge in [0.15, 0.2) is 0 Å². The summed E-state index contributed by atoms with van der Waals surface area (Å²) >= 11 is 0. The van der Waals surface area contributed by atoms with E-state index in [9.17, 15) is 5.11 Å². The molecule has 1 aliphatic rings. The minimum absolute atomic E-state index is 0.194. The van der Waals surface area contributed by atoms with Crippen molar-refractivity contribution >= 4 is 5.69 Å². The zero-order chi connectivity index (χ0) is 10.8. The van der Waals surface area contributed by atoms with E-state index in [1.807, 2.05) is 6.92 Å². The highest BCUT2D eigenvalue weighted by Gasteiger charge is 2.18. The van der Waals surface area contributed by atoms with Gasteiger partial charge in [-0.1, -0.05) is 12.1 Å². The van der Waals surface area contributed by atoms with Crippen LogP contribution in [-0.4, -0.2) is 24.8 Å². The van der Waals surface area contributed by atoms with Crippen LogP contribution in [0.25, 0.3) is 0 Å². The standard InChI is InChI=1S/C13H19NO/c1-10(15)6-7-11-4-3-5-13-12(11)8-9-14(13)2/h3-5,10,15H,6-9H2,1-2H3. The molecule has 1 aromatic rings. The molecule has 1 aliphatic heterocycles. The fourth-order valence-corrected chi connectivity index (χ4v) is 2.27. The summed E-state index contributed by atoms with van der Waals surface area (Å²) in [5.41, 5.74) is 4.27. The Morgan fingerprint density at radius 1 is 1.47 bits per heavy atom. The molecule has 0 fully saturated rings. The minimum atomic E-state index is -0.194. The van der Waals surface area contributed by atoms with E-state index in [1.54, 1.807) is 0 Å². The Morgan fingerprint density at radius 2 is 2.27 bits per heavy atom. The summed E-state index contributed by atoms with van der Waals surface area (Å²) in [5.74, 6) is 0. The second-order valence-electron chi connectivity index (χ2n) is 4.47. The van der Waals surface area contributed by atoms with Crippen molar-refractivity contribution in [1.82, 2.24) is 0 Å². The maximum absolute atomic E-state index is 9.30. The van der Waals surface area contributed by atoms with Crippen LogP contribution in [0.3, 0.4) is 0 Å². The number of benzene rings is 1. The van der Waals surface area contributed by atoms with Gasteiger partial charge in [-0.15, -0.1) is 0 Å². The van der Waals surface area contributed by atoms with Gasteiger partial charge in [0.05, 0.1) is 6.10 Å². The summed E-state index contributed by atoms with van der Waals surface area (Å²) in [6, 6.07) is 6.51. The van der Waals surface area contributed by atoms with Crippen molar-refractivity contribution in [2.75, 3.05) is 18.5 Å². The highest BCUT2D eigenvalue weighted by Crippen LogP contribution is 2.30. The van der Waals surface area contributed by atoms with Gasteiger partial charge in [-0.2, -0.15) is 0 Å². The van der Waals surface area contributed by atoms with Crippen molar-refractivity contribution in [3.8, 4) is 0 Å². The fourth-order valence-electron chi connectivity index (χ4n) is 2.27. The Hall–Kier alpha value is -1.02. The number of fused-ring (bicyclic) bond motifs is 1. The van der Waals surface area contributed by atoms with Gasteiger partial charge >= 0.3 is 0 Å². The third-order valence-electron chi connectivity index (χ3n) is 3.19. The predicted molar refractivity (Wildman–Crippen MR) is 63.4 cm³/mol. The first kappa shape index (κ1) is 10.5. The van der Waals surface area contributed by atoms with Gasteiger partial charge in [-0.25, -0.2) is 0 Å². The molecule has 2 heteroatoms. The number of nitrogens with zero attached hydrogens (tertiary/aromatic N) is 1. The molecule has 0 aliphatic carbocycles. The Kier molecular flexibility index (Phi) is 2.96. The highest BCUT2D eigenvalue weighted by atomic mass is 16.3. The normalized spacial score (nSPS) is 16.6. The lowest BCUT2D eigenvalue weighted by atomic mass is 9.99. The molecule has 1 atom stereocenters. The molecule has 0 amide bonds. The molecule has 15 heavy (non-hydrogen) atoms. The Balaban J connectivity index is 2.19. The van der Waals surface area contributed by atoms with E-state index in [0.29, 0.717) is 0 Å². The quantitative estimate of drug-likeness (QED) is 0.815. The molecule has 1 heterocycles. The fraction of sp³-hybridized carbons (Fsp3) is 0.538. The van der Waals surface area contributed by atoms with Gasteiger partial charge in [0.2, 0.25) is 0 Å². The smallest absolute Gasteiger partial charge is 0.0515 e. The van der Waals surface area contributed by atoms with Crippen LogP contribution in [0.2, 0.25) is 0 Å². The molecule has 82 valence electrons. The van der Waals surface area contributed by atoms with Crippen LogP contribution in [-0.2, 0) is 12.8 Å². The number of rotatable bonds is 3. The van der Waals surface area contributed by atoms with E-state index in [1.165, 1.54) is 16.8 Å². The van der Waals surface area contributed by atoms with Crippen molar-refractivity contribution in [2.24, 2.45) is 0 Å². The molecule has 0 saturated carbocycles. The number of anilines is 1. The number of aryl methyl sites for hydroxylation is 1. The van der Waals surface area contributed by atoms with Crippen LogP contribution in [0.4, 0.5) is 5.69 Å². The van der Waals surface area contributed by atoms with E-state index in [0.717, 1.165) is 25.8 Å². The lowest BCUT2D eigenvalue weighted by molar-refractivity contribution is 0.185. The molecule has 1 aromatic carbocycles. The average molecular weight is 205 g/mol. The van der Waals surface area contributed by atoms with Crippen LogP contribution >= 0.6 is 0 Å². The first-order valence-electron chi connectivity index (χ1n) is 5.68. The SMILES string of the molecule is CC(O)CCc1cccc2c1CCN2C. The Morgan fingerprint density at radius 3 is 3.00 bits per heavy atom. The number of likely N-dealkylation sites (N-methyl/N-ethyl adjacent to an activating group) is 1. The Labute approximate surface area is 91.5 Å². The van der Waals surface area contributed by atoms with Gasteiger partial charge in [0.1, 0.15) is 0 Å². The lowest BCUT2D eigenvalue weighted by Gasteiger charge is -2.13. The number of hydrogen-bond acceptors (Lipinski definition) is 2. The van der Waals surface area contributed by atoms with Gasteiger partial charge in [-0.3, -0.25) is 0 Å². The van der Waals surface area contributed by atoms with Gasteiger partial charge in [-0.05, 0) is 43.4 Å². The molecule has 2 nitrogen and oxygen atoms in total. The van der Waals surface area contributed by atoms with Crippen molar-refractivity contribution in [3.63, 3.8) is 0 Å². The number of aliphatic hydroxyl groups excluding tert-OH is 1. The zero-order valence-corrected chi connectivity index (χ0v) is 9.53. The summed E-state index contributed by atoms with van der Waals surface area (Å²) in [5, 5.41) is 9.30. The third-order valence-corrected chi connectivity index (χ3v) is 3.19. The lowest BCUT2D eigenvalue weighted by Crippen LogP contribution is -2.12. The third kappa shape index (κ3) is 2.15. The van der Waals surface area contributed by atoms with Crippen LogP contribution in [0.15, 0.2) is 18.2 Å². The predicted octanol–water partition coefficient (Wildman–Crippen LogP) is 1.99. The summed E-state index contributed by atoms with van der Waals surface area (Å²) < 4.78 is 0. The second kappa shape index (κ2) is 4.23.